The van der Waals surface area contributed by atoms with E-state index in [0.29, 0.717) is 32.1 Å². The second kappa shape index (κ2) is 15.5. The Morgan fingerprint density at radius 3 is 1.84 bits per heavy atom. The van der Waals surface area contributed by atoms with Crippen molar-refractivity contribution in [1.29, 1.82) is 0 Å². The summed E-state index contributed by atoms with van der Waals surface area (Å²) in [5.74, 6) is -0.709. The summed E-state index contributed by atoms with van der Waals surface area (Å²) < 4.78 is 53.1. The fourth-order valence-electron chi connectivity index (χ4n) is 4.44. The second-order valence-corrected chi connectivity index (χ2v) is 14.3. The van der Waals surface area contributed by atoms with Crippen molar-refractivity contribution in [2.75, 3.05) is 31.7 Å². The molecule has 0 saturated carbocycles. The van der Waals surface area contributed by atoms with Crippen molar-refractivity contribution >= 4 is 31.8 Å². The van der Waals surface area contributed by atoms with E-state index in [1.165, 1.54) is 0 Å². The molecular weight excluding hydrogens is 522 g/mol. The molecule has 0 spiro atoms. The van der Waals surface area contributed by atoms with E-state index in [-0.39, 0.29) is 6.42 Å². The van der Waals surface area contributed by atoms with Crippen molar-refractivity contribution in [1.82, 2.24) is 4.98 Å². The van der Waals surface area contributed by atoms with Crippen LogP contribution in [0.3, 0.4) is 0 Å². The normalized spacial score (nSPS) is 17.9. The molecule has 1 aromatic carbocycles. The number of aromatic nitrogens is 1. The Morgan fingerprint density at radius 2 is 1.32 bits per heavy atom. The lowest BCUT2D eigenvalue weighted by atomic mass is 10.00. The predicted octanol–water partition coefficient (Wildman–Crippen LogP) is 9.07. The van der Waals surface area contributed by atoms with E-state index in [0.717, 1.165) is 67.8 Å². The lowest BCUT2D eigenvalue weighted by Gasteiger charge is -2.39. The van der Waals surface area contributed by atoms with Gasteiger partial charge in [0.2, 0.25) is 0 Å². The van der Waals surface area contributed by atoms with Crippen molar-refractivity contribution in [3.05, 3.63) is 36.0 Å². The second-order valence-electron chi connectivity index (χ2n) is 9.84. The molecule has 0 aliphatic carbocycles. The molecule has 0 saturated heterocycles. The van der Waals surface area contributed by atoms with Crippen molar-refractivity contribution < 1.29 is 27.2 Å². The van der Waals surface area contributed by atoms with Gasteiger partial charge in [0.05, 0.1) is 43.3 Å². The Bertz CT molecular complexity index is 1070. The number of unbranched alkanes of at least 4 members (excludes halogenated alkanes) is 4. The molecule has 0 fully saturated rings. The van der Waals surface area contributed by atoms with E-state index in [9.17, 15) is 9.13 Å². The summed E-state index contributed by atoms with van der Waals surface area (Å²) in [6.45, 7) is 9.61. The summed E-state index contributed by atoms with van der Waals surface area (Å²) in [6, 6.07) is 7.81. The first-order valence-corrected chi connectivity index (χ1v) is 17.6. The summed E-state index contributed by atoms with van der Waals surface area (Å²) in [6.07, 6.45) is 8.75. The molecule has 3 rings (SSSR count). The van der Waals surface area contributed by atoms with E-state index < -0.39 is 26.6 Å². The number of pyridine rings is 1. The molecule has 2 aromatic rings. The van der Waals surface area contributed by atoms with Crippen LogP contribution in [0.5, 0.6) is 0 Å². The van der Waals surface area contributed by atoms with Gasteiger partial charge in [0.25, 0.3) is 0 Å². The first-order chi connectivity index (χ1) is 18.4. The Morgan fingerprint density at radius 1 is 0.789 bits per heavy atom. The van der Waals surface area contributed by atoms with Crippen LogP contribution in [0.25, 0.3) is 10.9 Å². The topological polar surface area (TPSA) is 96.0 Å². The van der Waals surface area contributed by atoms with E-state index >= 15 is 0 Å². The average Bonchev–Trinajstić information content (AvgIpc) is 2.93. The summed E-state index contributed by atoms with van der Waals surface area (Å²) >= 11 is 0. The van der Waals surface area contributed by atoms with Crippen LogP contribution < -0.4 is 5.32 Å². The summed E-state index contributed by atoms with van der Waals surface area (Å²) in [5, 5.41) is 4.39. The van der Waals surface area contributed by atoms with Crippen LogP contribution in [-0.4, -0.2) is 37.2 Å². The number of nitrogens with one attached hydrogen (secondary N) is 1. The number of anilines is 1. The third-order valence-corrected chi connectivity index (χ3v) is 11.3. The van der Waals surface area contributed by atoms with E-state index in [1.54, 1.807) is 6.20 Å². The number of benzene rings is 1. The van der Waals surface area contributed by atoms with Gasteiger partial charge in [-0.3, -0.25) is 14.1 Å². The summed E-state index contributed by atoms with van der Waals surface area (Å²) in [5.41, 5.74) is 1.60. The van der Waals surface area contributed by atoms with E-state index in [1.807, 2.05) is 24.3 Å². The van der Waals surface area contributed by atoms with Crippen LogP contribution in [0.2, 0.25) is 0 Å². The molecule has 0 radical (unpaired) electrons. The minimum Gasteiger partial charge on any atom is -0.369 e. The molecule has 8 nitrogen and oxygen atoms in total. The maximum absolute atomic E-state index is 14.5. The van der Waals surface area contributed by atoms with Gasteiger partial charge in [-0.1, -0.05) is 71.6 Å². The van der Waals surface area contributed by atoms with Crippen molar-refractivity contribution in [2.24, 2.45) is 0 Å². The maximum atomic E-state index is 14.5. The fraction of sp³-hybridized carbons (Fsp3) is 0.679. The standard InChI is InChI=1S/C28H46N2O6P2/c1-5-9-18-33-37(31,34-19-10-6-2)25-22-26(38(32,35-20-11-7-3)36-21-12-8-4)30-28-24(25)16-15-23-14-13-17-29-27(23)28/h13-17,25-26,30H,5-12,18-22H2,1-4H3. The van der Waals surface area contributed by atoms with Gasteiger partial charge in [-0.2, -0.15) is 0 Å². The van der Waals surface area contributed by atoms with Crippen LogP contribution in [-0.2, 0) is 27.2 Å². The lowest BCUT2D eigenvalue weighted by Crippen LogP contribution is -2.31. The molecule has 214 valence electrons. The number of nitrogens with zero attached hydrogens (tertiary/aromatic N) is 1. The molecule has 2 unspecified atom stereocenters. The van der Waals surface area contributed by atoms with Gasteiger partial charge in [0, 0.05) is 11.6 Å². The number of rotatable bonds is 18. The van der Waals surface area contributed by atoms with E-state index in [2.05, 4.69) is 38.0 Å². The largest absolute Gasteiger partial charge is 0.369 e. The molecule has 0 amide bonds. The molecule has 2 heterocycles. The van der Waals surface area contributed by atoms with Crippen LogP contribution >= 0.6 is 15.2 Å². The maximum Gasteiger partial charge on any atom is 0.352 e. The van der Waals surface area contributed by atoms with Gasteiger partial charge in [-0.25, -0.2) is 0 Å². The molecule has 1 N–H and O–H groups in total. The first kappa shape index (κ1) is 31.3. The third kappa shape index (κ3) is 7.90. The Hall–Kier alpha value is -1.27. The zero-order valence-electron chi connectivity index (χ0n) is 23.5. The lowest BCUT2D eigenvalue weighted by molar-refractivity contribution is 0.184. The molecule has 10 heteroatoms. The molecule has 1 aliphatic heterocycles. The highest BCUT2D eigenvalue weighted by atomic mass is 31.2. The van der Waals surface area contributed by atoms with Gasteiger partial charge in [0.15, 0.2) is 0 Å². The van der Waals surface area contributed by atoms with E-state index in [4.69, 9.17) is 18.1 Å². The van der Waals surface area contributed by atoms with Crippen LogP contribution in [0.4, 0.5) is 5.69 Å². The highest BCUT2D eigenvalue weighted by Gasteiger charge is 2.49. The molecule has 1 aromatic heterocycles. The smallest absolute Gasteiger partial charge is 0.352 e. The van der Waals surface area contributed by atoms with Gasteiger partial charge < -0.3 is 23.4 Å². The predicted molar refractivity (Wildman–Crippen MR) is 155 cm³/mol. The molecule has 2 atom stereocenters. The number of fused-ring (bicyclic) bond motifs is 3. The molecule has 38 heavy (non-hydrogen) atoms. The van der Waals surface area contributed by atoms with Crippen molar-refractivity contribution in [2.45, 2.75) is 96.9 Å². The van der Waals surface area contributed by atoms with Crippen molar-refractivity contribution in [3.63, 3.8) is 0 Å². The third-order valence-electron chi connectivity index (χ3n) is 6.76. The van der Waals surface area contributed by atoms with Gasteiger partial charge >= 0.3 is 15.2 Å². The minimum absolute atomic E-state index is 0.246. The number of hydrogen-bond donors (Lipinski definition) is 1. The van der Waals surface area contributed by atoms with Gasteiger partial charge in [-0.05, 0) is 43.7 Å². The Balaban J connectivity index is 2.08. The first-order valence-electron chi connectivity index (χ1n) is 14.3. The molecule has 1 aliphatic rings. The monoisotopic (exact) mass is 568 g/mol. The van der Waals surface area contributed by atoms with Crippen LogP contribution in [0.15, 0.2) is 30.5 Å². The van der Waals surface area contributed by atoms with Crippen LogP contribution in [0.1, 0.15) is 96.7 Å². The highest BCUT2D eigenvalue weighted by molar-refractivity contribution is 7.55. The number of hydrogen-bond acceptors (Lipinski definition) is 8. The zero-order chi connectivity index (χ0) is 27.4. The fourth-order valence-corrected chi connectivity index (χ4v) is 8.79. The van der Waals surface area contributed by atoms with Gasteiger partial charge in [0.1, 0.15) is 5.78 Å². The zero-order valence-corrected chi connectivity index (χ0v) is 25.3. The highest BCUT2D eigenvalue weighted by Crippen LogP contribution is 2.69. The molecular formula is C28H46N2O6P2. The average molecular weight is 569 g/mol. The van der Waals surface area contributed by atoms with Gasteiger partial charge in [-0.15, -0.1) is 0 Å². The summed E-state index contributed by atoms with van der Waals surface area (Å²) in [7, 11) is -7.26. The molecule has 0 bridgehead atoms. The van der Waals surface area contributed by atoms with Crippen molar-refractivity contribution in [3.8, 4) is 0 Å². The van der Waals surface area contributed by atoms with Crippen LogP contribution in [0, 0.1) is 0 Å². The SMILES string of the molecule is CCCCOP(=O)(OCCCC)C1CC(P(=O)(OCCCC)OCCCC)c2ccc3cccnc3c2N1. The minimum atomic E-state index is -3.63. The quantitative estimate of drug-likeness (QED) is 0.141. The Kier molecular flexibility index (Phi) is 12.8. The Labute approximate surface area is 228 Å². The summed E-state index contributed by atoms with van der Waals surface area (Å²) in [4.78, 5) is 4.62.